The molecule has 1 aromatic carbocycles. The third kappa shape index (κ3) is 6.60. The van der Waals surface area contributed by atoms with E-state index in [0.29, 0.717) is 12.1 Å². The van der Waals surface area contributed by atoms with Crippen LogP contribution in [0.2, 0.25) is 5.02 Å². The second kappa shape index (κ2) is 11.2. The van der Waals surface area contributed by atoms with E-state index in [1.54, 1.807) is 6.07 Å². The van der Waals surface area contributed by atoms with E-state index in [4.69, 9.17) is 16.3 Å². The van der Waals surface area contributed by atoms with E-state index in [1.807, 2.05) is 18.7 Å². The number of esters is 1. The van der Waals surface area contributed by atoms with Crippen LogP contribution in [-0.2, 0) is 32.1 Å². The molecule has 36 heavy (non-hydrogen) atoms. The number of nitrogens with zero attached hydrogens (tertiary/aromatic N) is 5. The van der Waals surface area contributed by atoms with Crippen LogP contribution >= 0.6 is 23.1 Å². The molecule has 0 saturated carbocycles. The second-order valence-corrected chi connectivity index (χ2v) is 10.8. The van der Waals surface area contributed by atoms with Crippen LogP contribution in [0.4, 0.5) is 13.2 Å². The van der Waals surface area contributed by atoms with Crippen LogP contribution in [0.15, 0.2) is 29.2 Å². The van der Waals surface area contributed by atoms with Gasteiger partial charge in [0.25, 0.3) is 0 Å². The molecule has 0 radical (unpaired) electrons. The predicted octanol–water partition coefficient (Wildman–Crippen LogP) is 4.03. The van der Waals surface area contributed by atoms with Crippen LogP contribution in [-0.4, -0.2) is 70.9 Å². The van der Waals surface area contributed by atoms with E-state index in [9.17, 15) is 26.4 Å². The number of carbonyl (C=O) groups excluding carboxylic acids is 1. The molecule has 0 aliphatic rings. The van der Waals surface area contributed by atoms with Gasteiger partial charge in [-0.15, -0.1) is 0 Å². The van der Waals surface area contributed by atoms with Crippen molar-refractivity contribution < 1.29 is 31.1 Å². The molecule has 0 bridgehead atoms. The third-order valence-corrected chi connectivity index (χ3v) is 7.35. The van der Waals surface area contributed by atoms with Gasteiger partial charge in [-0.3, -0.25) is 4.79 Å². The van der Waals surface area contributed by atoms with E-state index < -0.39 is 39.2 Å². The molecule has 0 atom stereocenters. The number of likely N-dealkylation sites (N-methyl/N-ethyl adjacent to an activating group) is 1. The average Bonchev–Trinajstić information content (AvgIpc) is 3.40. The van der Waals surface area contributed by atoms with Crippen molar-refractivity contribution >= 4 is 38.9 Å². The molecule has 0 aliphatic carbocycles. The fourth-order valence-electron chi connectivity index (χ4n) is 3.24. The Kier molecular flexibility index (Phi) is 8.75. The highest BCUT2D eigenvalue weighted by atomic mass is 35.5. The summed E-state index contributed by atoms with van der Waals surface area (Å²) < 4.78 is 74.4. The molecule has 9 nitrogen and oxygen atoms in total. The van der Waals surface area contributed by atoms with Gasteiger partial charge in [0.05, 0.1) is 4.90 Å². The number of sulfone groups is 1. The molecule has 0 unspecified atom stereocenters. The molecule has 0 N–H and O–H groups in total. The van der Waals surface area contributed by atoms with Crippen LogP contribution in [0, 0.1) is 0 Å². The van der Waals surface area contributed by atoms with Gasteiger partial charge in [-0.25, -0.2) is 18.1 Å². The lowest BCUT2D eigenvalue weighted by Crippen LogP contribution is -2.28. The van der Waals surface area contributed by atoms with Crippen LogP contribution < -0.4 is 0 Å². The van der Waals surface area contributed by atoms with Crippen molar-refractivity contribution in [2.75, 3.05) is 32.5 Å². The van der Waals surface area contributed by atoms with Gasteiger partial charge >= 0.3 is 12.1 Å². The first kappa shape index (κ1) is 28.0. The highest BCUT2D eigenvalue weighted by molar-refractivity contribution is 7.90. The molecule has 0 fully saturated rings. The summed E-state index contributed by atoms with van der Waals surface area (Å²) in [7, 11) is -3.50. The highest BCUT2D eigenvalue weighted by Gasteiger charge is 2.40. The normalized spacial score (nSPS) is 12.3. The van der Waals surface area contributed by atoms with Crippen LogP contribution in [0.25, 0.3) is 22.1 Å². The Morgan fingerprint density at radius 3 is 2.56 bits per heavy atom. The predicted molar refractivity (Wildman–Crippen MR) is 128 cm³/mol. The standard InChI is InChI=1S/C21H23ClF3N5O4S2/c1-4-29(5-2)9-10-34-15(31)12-30-17(16(22)18(27-30)21(23,24)25)20-26-19(28-35-20)13-7-6-8-14(11-13)36(3,32)33/h6-8,11H,4-5,9-10,12H2,1-3H3. The summed E-state index contributed by atoms with van der Waals surface area (Å²) in [5, 5.41) is 2.75. The number of alkyl halides is 3. The van der Waals surface area contributed by atoms with E-state index in [0.717, 1.165) is 35.6 Å². The van der Waals surface area contributed by atoms with Crippen LogP contribution in [0.1, 0.15) is 19.5 Å². The molecule has 0 amide bonds. The third-order valence-electron chi connectivity index (χ3n) is 5.16. The number of hydrogen-bond acceptors (Lipinski definition) is 9. The second-order valence-electron chi connectivity index (χ2n) is 7.64. The zero-order valence-electron chi connectivity index (χ0n) is 19.5. The maximum absolute atomic E-state index is 13.5. The molecule has 0 saturated heterocycles. The Morgan fingerprint density at radius 2 is 1.94 bits per heavy atom. The first-order valence-corrected chi connectivity index (χ1v) is 13.8. The summed E-state index contributed by atoms with van der Waals surface area (Å²) in [5.41, 5.74) is -1.27. The maximum Gasteiger partial charge on any atom is 0.436 e. The fourth-order valence-corrected chi connectivity index (χ4v) is 5.03. The number of aromatic nitrogens is 4. The number of ether oxygens (including phenoxy) is 1. The summed E-state index contributed by atoms with van der Waals surface area (Å²) in [6, 6.07) is 5.82. The Balaban J connectivity index is 1.93. The topological polar surface area (TPSA) is 107 Å². The van der Waals surface area contributed by atoms with Gasteiger partial charge in [-0.05, 0) is 36.8 Å². The summed E-state index contributed by atoms with van der Waals surface area (Å²) in [6.45, 7) is 5.35. The Labute approximate surface area is 214 Å². The maximum atomic E-state index is 13.5. The number of rotatable bonds is 10. The van der Waals surface area contributed by atoms with E-state index >= 15 is 0 Å². The molecule has 196 valence electrons. The molecular weight excluding hydrogens is 543 g/mol. The quantitative estimate of drug-likeness (QED) is 0.339. The van der Waals surface area contributed by atoms with Gasteiger partial charge < -0.3 is 9.64 Å². The first-order valence-electron chi connectivity index (χ1n) is 10.7. The van der Waals surface area contributed by atoms with Crippen molar-refractivity contribution in [2.24, 2.45) is 0 Å². The number of hydrogen-bond donors (Lipinski definition) is 0. The van der Waals surface area contributed by atoms with E-state index in [1.165, 1.54) is 18.2 Å². The Morgan fingerprint density at radius 1 is 1.25 bits per heavy atom. The summed E-state index contributed by atoms with van der Waals surface area (Å²) in [4.78, 5) is 18.7. The molecule has 3 aromatic rings. The molecule has 15 heteroatoms. The number of benzene rings is 1. The number of carbonyl (C=O) groups is 1. The zero-order valence-corrected chi connectivity index (χ0v) is 21.9. The molecule has 0 spiro atoms. The average molecular weight is 566 g/mol. The van der Waals surface area contributed by atoms with E-state index in [-0.39, 0.29) is 28.0 Å². The van der Waals surface area contributed by atoms with Crippen molar-refractivity contribution in [3.05, 3.63) is 35.0 Å². The van der Waals surface area contributed by atoms with Crippen molar-refractivity contribution in [1.29, 1.82) is 0 Å². The summed E-state index contributed by atoms with van der Waals surface area (Å²) in [6.07, 6.45) is -3.83. The van der Waals surface area contributed by atoms with Crippen LogP contribution in [0.5, 0.6) is 0 Å². The molecule has 3 rings (SSSR count). The molecule has 2 heterocycles. The Bertz CT molecular complexity index is 1340. The van der Waals surface area contributed by atoms with Crippen molar-refractivity contribution in [1.82, 2.24) is 24.0 Å². The van der Waals surface area contributed by atoms with Gasteiger partial charge in [0.15, 0.2) is 26.4 Å². The monoisotopic (exact) mass is 565 g/mol. The SMILES string of the molecule is CCN(CC)CCOC(=O)Cn1nc(C(F)(F)F)c(Cl)c1-c1nc(-c2cccc(S(C)(=O)=O)c2)ns1. The van der Waals surface area contributed by atoms with Gasteiger partial charge in [0, 0.05) is 18.4 Å². The highest BCUT2D eigenvalue weighted by Crippen LogP contribution is 2.40. The van der Waals surface area contributed by atoms with Crippen molar-refractivity contribution in [3.8, 4) is 22.1 Å². The van der Waals surface area contributed by atoms with Gasteiger partial charge in [0.1, 0.15) is 23.9 Å². The minimum absolute atomic E-state index is 0.0290. The number of halogens is 4. The summed E-state index contributed by atoms with van der Waals surface area (Å²) >= 11 is 6.79. The van der Waals surface area contributed by atoms with Crippen molar-refractivity contribution in [2.45, 2.75) is 31.5 Å². The zero-order chi connectivity index (χ0) is 26.7. The lowest BCUT2D eigenvalue weighted by molar-refractivity contribution is -0.146. The largest absolute Gasteiger partial charge is 0.463 e. The Hall–Kier alpha value is -2.55. The van der Waals surface area contributed by atoms with Gasteiger partial charge in [0.2, 0.25) is 0 Å². The van der Waals surface area contributed by atoms with Crippen molar-refractivity contribution in [3.63, 3.8) is 0 Å². The smallest absolute Gasteiger partial charge is 0.436 e. The van der Waals surface area contributed by atoms with Gasteiger partial charge in [-0.2, -0.15) is 22.6 Å². The lowest BCUT2D eigenvalue weighted by Gasteiger charge is -2.17. The fraction of sp³-hybridized carbons (Fsp3) is 0.429. The van der Waals surface area contributed by atoms with Crippen LogP contribution in [0.3, 0.4) is 0 Å². The molecular formula is C21H23ClF3N5O4S2. The van der Waals surface area contributed by atoms with E-state index in [2.05, 4.69) is 14.5 Å². The molecule has 0 aliphatic heterocycles. The minimum Gasteiger partial charge on any atom is -0.463 e. The molecule has 2 aromatic heterocycles. The first-order chi connectivity index (χ1) is 16.8. The summed E-state index contributed by atoms with van der Waals surface area (Å²) in [5.74, 6) is -0.707. The van der Waals surface area contributed by atoms with Gasteiger partial charge in [-0.1, -0.05) is 37.6 Å². The minimum atomic E-state index is -4.87. The lowest BCUT2D eigenvalue weighted by atomic mass is 10.2.